The summed E-state index contributed by atoms with van der Waals surface area (Å²) in [7, 11) is 0. The highest BCUT2D eigenvalue weighted by Crippen LogP contribution is 2.30. The summed E-state index contributed by atoms with van der Waals surface area (Å²) in [6, 6.07) is 11.5. The van der Waals surface area contributed by atoms with Crippen molar-refractivity contribution in [2.45, 2.75) is 26.7 Å². The van der Waals surface area contributed by atoms with E-state index in [2.05, 4.69) is 64.0 Å². The molecule has 2 aromatic carbocycles. The lowest BCUT2D eigenvalue weighted by atomic mass is 10.0. The van der Waals surface area contributed by atoms with Crippen LogP contribution in [-0.2, 0) is 14.3 Å². The lowest BCUT2D eigenvalue weighted by Gasteiger charge is -2.08. The molecule has 0 saturated carbocycles. The van der Waals surface area contributed by atoms with Gasteiger partial charge >= 0.3 is 11.9 Å². The Balaban J connectivity index is 1.90. The molecule has 28 heavy (non-hydrogen) atoms. The first-order chi connectivity index (χ1) is 13.2. The average molecular weight is 601 g/mol. The maximum absolute atomic E-state index is 12.2. The predicted octanol–water partition coefficient (Wildman–Crippen LogP) is 5.29. The van der Waals surface area contributed by atoms with Crippen molar-refractivity contribution in [1.82, 2.24) is 0 Å². The molecule has 0 aromatic heterocycles. The topological polar surface area (TPSA) is 65.0 Å². The van der Waals surface area contributed by atoms with E-state index in [4.69, 9.17) is 9.47 Å². The minimum absolute atomic E-state index is 0.231. The maximum Gasteiger partial charge on any atom is 0.363 e. The van der Waals surface area contributed by atoms with Crippen molar-refractivity contribution in [1.29, 1.82) is 0 Å². The average Bonchev–Trinajstić information content (AvgIpc) is 2.99. The third kappa shape index (κ3) is 4.80. The molecule has 0 spiro atoms. The van der Waals surface area contributed by atoms with Gasteiger partial charge in [-0.3, -0.25) is 4.79 Å². The molecule has 1 aliphatic rings. The van der Waals surface area contributed by atoms with Crippen molar-refractivity contribution < 1.29 is 19.1 Å². The van der Waals surface area contributed by atoms with Crippen molar-refractivity contribution in [3.63, 3.8) is 0 Å². The number of rotatable bonds is 4. The molecule has 5 nitrogen and oxygen atoms in total. The Morgan fingerprint density at radius 2 is 1.75 bits per heavy atom. The fraction of sp³-hybridized carbons (Fsp3) is 0.190. The van der Waals surface area contributed by atoms with Gasteiger partial charge in [-0.2, -0.15) is 0 Å². The normalized spacial score (nSPS) is 15.0. The number of ether oxygens (including phenoxy) is 2. The number of carbonyl (C=O) groups is 2. The van der Waals surface area contributed by atoms with Crippen molar-refractivity contribution >= 4 is 69.1 Å². The highest BCUT2D eigenvalue weighted by molar-refractivity contribution is 14.1. The quantitative estimate of drug-likeness (QED) is 0.207. The summed E-state index contributed by atoms with van der Waals surface area (Å²) in [5.41, 5.74) is 2.98. The largest absolute Gasteiger partial charge is 0.424 e. The Morgan fingerprint density at radius 3 is 2.29 bits per heavy atom. The number of nitrogens with zero attached hydrogens (tertiary/aromatic N) is 1. The fourth-order valence-electron chi connectivity index (χ4n) is 2.61. The van der Waals surface area contributed by atoms with E-state index < -0.39 is 5.97 Å². The highest BCUT2D eigenvalue weighted by atomic mass is 127. The molecule has 0 N–H and O–H groups in total. The third-order valence-corrected chi connectivity index (χ3v) is 5.62. The summed E-state index contributed by atoms with van der Waals surface area (Å²) in [5, 5.41) is 0. The van der Waals surface area contributed by atoms with Crippen LogP contribution in [0.4, 0.5) is 0 Å². The number of hydrogen-bond donors (Lipinski definition) is 0. The number of aliphatic imine (C=N–C) groups is 1. The molecule has 0 amide bonds. The molecule has 1 aliphatic heterocycles. The summed E-state index contributed by atoms with van der Waals surface area (Å²) >= 11 is 4.19. The fourth-order valence-corrected chi connectivity index (χ4v) is 4.64. The van der Waals surface area contributed by atoms with Gasteiger partial charge in [0.15, 0.2) is 11.4 Å². The van der Waals surface area contributed by atoms with E-state index in [1.54, 1.807) is 6.08 Å². The minimum atomic E-state index is -0.489. The van der Waals surface area contributed by atoms with Gasteiger partial charge in [-0.1, -0.05) is 26.0 Å². The Morgan fingerprint density at radius 1 is 1.14 bits per heavy atom. The molecule has 0 unspecified atom stereocenters. The molecule has 0 fully saturated rings. The number of carbonyl (C=O) groups excluding carboxylic acids is 2. The van der Waals surface area contributed by atoms with Crippen LogP contribution >= 0.6 is 45.2 Å². The third-order valence-electron chi connectivity index (χ3n) is 4.01. The minimum Gasteiger partial charge on any atom is -0.424 e. The van der Waals surface area contributed by atoms with Crippen LogP contribution < -0.4 is 4.74 Å². The van der Waals surface area contributed by atoms with E-state index in [0.717, 1.165) is 18.3 Å². The van der Waals surface area contributed by atoms with E-state index in [9.17, 15) is 9.59 Å². The van der Waals surface area contributed by atoms with E-state index in [0.29, 0.717) is 17.6 Å². The Bertz CT molecular complexity index is 985. The molecule has 0 aliphatic carbocycles. The van der Waals surface area contributed by atoms with Gasteiger partial charge in [0.1, 0.15) is 0 Å². The van der Waals surface area contributed by atoms with Crippen LogP contribution in [0.2, 0.25) is 0 Å². The monoisotopic (exact) mass is 601 g/mol. The van der Waals surface area contributed by atoms with E-state index in [1.165, 1.54) is 12.5 Å². The van der Waals surface area contributed by atoms with Crippen molar-refractivity contribution in [3.05, 3.63) is 65.9 Å². The van der Waals surface area contributed by atoms with Gasteiger partial charge in [-0.05, 0) is 92.6 Å². The van der Waals surface area contributed by atoms with Gasteiger partial charge in [0, 0.05) is 12.5 Å². The van der Waals surface area contributed by atoms with E-state index in [1.807, 2.05) is 36.4 Å². The smallest absolute Gasteiger partial charge is 0.363 e. The van der Waals surface area contributed by atoms with Gasteiger partial charge < -0.3 is 9.47 Å². The SMILES string of the molecule is CC(=O)Oc1c(I)cc(/C=C2\N=C(c3ccc(C(C)C)cc3)OC2=O)cc1I. The molecule has 0 radical (unpaired) electrons. The number of esters is 2. The molecule has 0 bridgehead atoms. The van der Waals surface area contributed by atoms with Crippen LogP contribution in [0, 0.1) is 7.14 Å². The Hall–Kier alpha value is -1.75. The summed E-state index contributed by atoms with van der Waals surface area (Å²) in [6.45, 7) is 5.61. The van der Waals surface area contributed by atoms with Crippen LogP contribution in [0.25, 0.3) is 6.08 Å². The first kappa shape index (κ1) is 21.0. The van der Waals surface area contributed by atoms with E-state index in [-0.39, 0.29) is 11.7 Å². The number of benzene rings is 2. The molecular formula is C21H17I2NO4. The van der Waals surface area contributed by atoms with Gasteiger partial charge in [0.2, 0.25) is 5.90 Å². The second-order valence-corrected chi connectivity index (χ2v) is 8.84. The molecular weight excluding hydrogens is 584 g/mol. The molecule has 1 heterocycles. The van der Waals surface area contributed by atoms with E-state index >= 15 is 0 Å². The van der Waals surface area contributed by atoms with Gasteiger partial charge in [0.05, 0.1) is 7.14 Å². The number of halogens is 2. The Labute approximate surface area is 190 Å². The first-order valence-corrected chi connectivity index (χ1v) is 10.7. The molecule has 3 rings (SSSR count). The molecule has 0 saturated heterocycles. The van der Waals surface area contributed by atoms with Crippen LogP contribution in [0.5, 0.6) is 5.75 Å². The zero-order valence-electron chi connectivity index (χ0n) is 15.5. The van der Waals surface area contributed by atoms with Crippen molar-refractivity contribution in [3.8, 4) is 5.75 Å². The second kappa shape index (κ2) is 8.73. The molecule has 0 atom stereocenters. The van der Waals surface area contributed by atoms with Crippen molar-refractivity contribution in [2.24, 2.45) is 4.99 Å². The number of cyclic esters (lactones) is 1. The highest BCUT2D eigenvalue weighted by Gasteiger charge is 2.24. The first-order valence-electron chi connectivity index (χ1n) is 8.55. The zero-order chi connectivity index (χ0) is 20.4. The molecule has 2 aromatic rings. The maximum atomic E-state index is 12.2. The number of hydrogen-bond acceptors (Lipinski definition) is 5. The van der Waals surface area contributed by atoms with Gasteiger partial charge in [-0.25, -0.2) is 9.79 Å². The van der Waals surface area contributed by atoms with Crippen LogP contribution in [-0.4, -0.2) is 17.8 Å². The summed E-state index contributed by atoms with van der Waals surface area (Å²) in [5.74, 6) is 0.375. The molecule has 7 heteroatoms. The summed E-state index contributed by atoms with van der Waals surface area (Å²) < 4.78 is 12.1. The lowest BCUT2D eigenvalue weighted by molar-refractivity contribution is -0.132. The summed E-state index contributed by atoms with van der Waals surface area (Å²) in [4.78, 5) is 27.8. The van der Waals surface area contributed by atoms with Gasteiger partial charge in [0.25, 0.3) is 0 Å². The second-order valence-electron chi connectivity index (χ2n) is 6.52. The zero-order valence-corrected chi connectivity index (χ0v) is 19.8. The van der Waals surface area contributed by atoms with Gasteiger partial charge in [-0.15, -0.1) is 0 Å². The van der Waals surface area contributed by atoms with Crippen molar-refractivity contribution in [2.75, 3.05) is 0 Å². The predicted molar refractivity (Wildman–Crippen MR) is 124 cm³/mol. The Kier molecular flexibility index (Phi) is 6.54. The van der Waals surface area contributed by atoms with Crippen LogP contribution in [0.1, 0.15) is 43.4 Å². The van der Waals surface area contributed by atoms with Crippen LogP contribution in [0.3, 0.4) is 0 Å². The molecule has 144 valence electrons. The standard InChI is InChI=1S/C21H17I2NO4/c1-11(2)14-4-6-15(7-5-14)20-24-18(21(26)28-20)10-13-8-16(22)19(17(23)9-13)27-12(3)25/h4-11H,1-3H3/b18-10-. The lowest BCUT2D eigenvalue weighted by Crippen LogP contribution is -2.06. The summed E-state index contributed by atoms with van der Waals surface area (Å²) in [6.07, 6.45) is 1.67. The van der Waals surface area contributed by atoms with Crippen LogP contribution in [0.15, 0.2) is 47.1 Å².